The lowest BCUT2D eigenvalue weighted by Gasteiger charge is -2.01. The number of hydrogen-bond acceptors (Lipinski definition) is 2. The fourth-order valence-corrected chi connectivity index (χ4v) is 1.46. The van der Waals surface area contributed by atoms with Crippen molar-refractivity contribution in [1.29, 1.82) is 0 Å². The van der Waals surface area contributed by atoms with E-state index in [2.05, 4.69) is 0 Å². The molecule has 0 saturated heterocycles. The lowest BCUT2D eigenvalue weighted by Crippen LogP contribution is -1.99. The van der Waals surface area contributed by atoms with Gasteiger partial charge < -0.3 is 5.73 Å². The lowest BCUT2D eigenvalue weighted by atomic mass is 10.1. The van der Waals surface area contributed by atoms with Crippen molar-refractivity contribution in [1.82, 2.24) is 0 Å². The van der Waals surface area contributed by atoms with Crippen molar-refractivity contribution in [3.05, 3.63) is 27.1 Å². The smallest absolute Gasteiger partial charge is 0.159 e. The molecule has 0 bridgehead atoms. The van der Waals surface area contributed by atoms with Gasteiger partial charge in [0.2, 0.25) is 0 Å². The highest BCUT2D eigenvalue weighted by Crippen LogP contribution is 2.19. The highest BCUT2D eigenvalue weighted by molar-refractivity contribution is 14.1. The molecular weight excluding hydrogens is 272 g/mol. The molecular formula is C8H7FINO. The maximum atomic E-state index is 12.9. The fraction of sp³-hybridized carbons (Fsp3) is 0.125. The number of ketones is 1. The van der Waals surface area contributed by atoms with Crippen LogP contribution in [-0.2, 0) is 0 Å². The number of halogens is 2. The predicted molar refractivity (Wildman–Crippen MR) is 53.5 cm³/mol. The summed E-state index contributed by atoms with van der Waals surface area (Å²) in [6.45, 7) is 1.42. The van der Waals surface area contributed by atoms with Crippen LogP contribution in [-0.4, -0.2) is 5.78 Å². The number of nitrogen functional groups attached to an aromatic ring is 1. The second-order valence-electron chi connectivity index (χ2n) is 2.42. The Morgan fingerprint density at radius 1 is 1.58 bits per heavy atom. The van der Waals surface area contributed by atoms with Crippen LogP contribution in [0.5, 0.6) is 0 Å². The molecule has 0 radical (unpaired) electrons. The molecule has 0 aliphatic carbocycles. The largest absolute Gasteiger partial charge is 0.396 e. The number of benzene rings is 1. The summed E-state index contributed by atoms with van der Waals surface area (Å²) < 4.78 is 13.3. The zero-order valence-corrected chi connectivity index (χ0v) is 8.55. The summed E-state index contributed by atoms with van der Waals surface area (Å²) in [5, 5.41) is 0. The van der Waals surface area contributed by atoms with E-state index in [0.29, 0.717) is 9.13 Å². The highest BCUT2D eigenvalue weighted by Gasteiger charge is 2.08. The molecule has 2 N–H and O–H groups in total. The third kappa shape index (κ3) is 1.74. The van der Waals surface area contributed by atoms with E-state index in [4.69, 9.17) is 5.73 Å². The van der Waals surface area contributed by atoms with Crippen LogP contribution in [0, 0.1) is 9.39 Å². The zero-order valence-electron chi connectivity index (χ0n) is 6.40. The van der Waals surface area contributed by atoms with Crippen LogP contribution < -0.4 is 5.73 Å². The highest BCUT2D eigenvalue weighted by atomic mass is 127. The predicted octanol–water partition coefficient (Wildman–Crippen LogP) is 2.22. The van der Waals surface area contributed by atoms with Crippen LogP contribution in [0.4, 0.5) is 10.1 Å². The maximum absolute atomic E-state index is 12.9. The number of carbonyl (C=O) groups is 1. The molecule has 0 aromatic heterocycles. The third-order valence-corrected chi connectivity index (χ3v) is 2.25. The molecule has 2 nitrogen and oxygen atoms in total. The Bertz CT molecular complexity index is 315. The van der Waals surface area contributed by atoms with Crippen molar-refractivity contribution in [3.63, 3.8) is 0 Å². The standard InChI is InChI=1S/C8H7FINO/c1-4(12)5-2-6(10)8(9)7(11)3-5/h2-3H,11H2,1H3. The fourth-order valence-electron chi connectivity index (χ4n) is 0.814. The van der Waals surface area contributed by atoms with Gasteiger partial charge >= 0.3 is 0 Å². The van der Waals surface area contributed by atoms with Crippen molar-refractivity contribution in [2.24, 2.45) is 0 Å². The van der Waals surface area contributed by atoms with Gasteiger partial charge in [0.05, 0.1) is 9.26 Å². The zero-order chi connectivity index (χ0) is 9.30. The molecule has 0 aliphatic rings. The minimum Gasteiger partial charge on any atom is -0.396 e. The quantitative estimate of drug-likeness (QED) is 0.486. The van der Waals surface area contributed by atoms with Crippen LogP contribution in [0.3, 0.4) is 0 Å². The summed E-state index contributed by atoms with van der Waals surface area (Å²) in [7, 11) is 0. The van der Waals surface area contributed by atoms with Crippen molar-refractivity contribution in [3.8, 4) is 0 Å². The molecule has 0 spiro atoms. The summed E-state index contributed by atoms with van der Waals surface area (Å²) in [6.07, 6.45) is 0. The van der Waals surface area contributed by atoms with E-state index in [1.165, 1.54) is 19.1 Å². The molecule has 0 heterocycles. The Kier molecular flexibility index (Phi) is 2.66. The van der Waals surface area contributed by atoms with Gasteiger partial charge in [-0.2, -0.15) is 0 Å². The molecule has 1 rings (SSSR count). The first kappa shape index (κ1) is 9.44. The SMILES string of the molecule is CC(=O)c1cc(N)c(F)c(I)c1. The van der Waals surface area contributed by atoms with Crippen molar-refractivity contribution < 1.29 is 9.18 Å². The van der Waals surface area contributed by atoms with Crippen LogP contribution in [0.1, 0.15) is 17.3 Å². The first-order valence-electron chi connectivity index (χ1n) is 3.28. The second kappa shape index (κ2) is 3.38. The van der Waals surface area contributed by atoms with E-state index in [1.54, 1.807) is 22.6 Å². The summed E-state index contributed by atoms with van der Waals surface area (Å²) in [4.78, 5) is 10.9. The Balaban J connectivity index is 3.31. The Morgan fingerprint density at radius 3 is 2.58 bits per heavy atom. The molecule has 0 atom stereocenters. The summed E-state index contributed by atoms with van der Waals surface area (Å²) >= 11 is 1.80. The molecule has 0 aliphatic heterocycles. The van der Waals surface area contributed by atoms with E-state index in [-0.39, 0.29) is 11.5 Å². The van der Waals surface area contributed by atoms with E-state index >= 15 is 0 Å². The molecule has 0 saturated carbocycles. The average Bonchev–Trinajstić information content (AvgIpc) is 1.99. The Hall–Kier alpha value is -0.650. The van der Waals surface area contributed by atoms with Gasteiger partial charge in [-0.25, -0.2) is 4.39 Å². The van der Waals surface area contributed by atoms with Crippen molar-refractivity contribution in [2.45, 2.75) is 6.92 Å². The Labute approximate surface area is 83.1 Å². The number of carbonyl (C=O) groups excluding carboxylic acids is 1. The lowest BCUT2D eigenvalue weighted by molar-refractivity contribution is 0.101. The van der Waals surface area contributed by atoms with E-state index in [0.717, 1.165) is 0 Å². The molecule has 64 valence electrons. The van der Waals surface area contributed by atoms with Gasteiger partial charge in [-0.1, -0.05) is 0 Å². The van der Waals surface area contributed by atoms with Crippen LogP contribution in [0.25, 0.3) is 0 Å². The van der Waals surface area contributed by atoms with Crippen molar-refractivity contribution in [2.75, 3.05) is 5.73 Å². The molecule has 1 aromatic carbocycles. The van der Waals surface area contributed by atoms with E-state index in [1.807, 2.05) is 0 Å². The topological polar surface area (TPSA) is 43.1 Å². The van der Waals surface area contributed by atoms with Gasteiger partial charge in [0.15, 0.2) is 11.6 Å². The first-order chi connectivity index (χ1) is 5.52. The molecule has 12 heavy (non-hydrogen) atoms. The molecule has 0 fully saturated rings. The molecule has 0 unspecified atom stereocenters. The first-order valence-corrected chi connectivity index (χ1v) is 4.35. The summed E-state index contributed by atoms with van der Waals surface area (Å²) in [5.41, 5.74) is 5.79. The number of anilines is 1. The minimum absolute atomic E-state index is 0.0205. The summed E-state index contributed by atoms with van der Waals surface area (Å²) in [5.74, 6) is -0.569. The minimum atomic E-state index is -0.458. The Morgan fingerprint density at radius 2 is 2.17 bits per heavy atom. The second-order valence-corrected chi connectivity index (χ2v) is 3.58. The van der Waals surface area contributed by atoms with Crippen LogP contribution >= 0.6 is 22.6 Å². The van der Waals surface area contributed by atoms with Gasteiger partial charge in [-0.05, 0) is 41.6 Å². The van der Waals surface area contributed by atoms with Gasteiger partial charge in [0, 0.05) is 5.56 Å². The van der Waals surface area contributed by atoms with Gasteiger partial charge in [0.1, 0.15) is 0 Å². The van der Waals surface area contributed by atoms with Crippen LogP contribution in [0.2, 0.25) is 0 Å². The van der Waals surface area contributed by atoms with E-state index < -0.39 is 5.82 Å². The van der Waals surface area contributed by atoms with Gasteiger partial charge in [0.25, 0.3) is 0 Å². The normalized spacial score (nSPS) is 9.92. The third-order valence-electron chi connectivity index (χ3n) is 1.46. The van der Waals surface area contributed by atoms with Gasteiger partial charge in [-0.3, -0.25) is 4.79 Å². The number of hydrogen-bond donors (Lipinski definition) is 1. The maximum Gasteiger partial charge on any atom is 0.159 e. The van der Waals surface area contributed by atoms with Crippen molar-refractivity contribution >= 4 is 34.1 Å². The number of rotatable bonds is 1. The number of nitrogens with two attached hydrogens (primary N) is 1. The average molecular weight is 279 g/mol. The molecule has 0 amide bonds. The molecule has 1 aromatic rings. The summed E-state index contributed by atoms with van der Waals surface area (Å²) in [6, 6.07) is 2.83. The van der Waals surface area contributed by atoms with Gasteiger partial charge in [-0.15, -0.1) is 0 Å². The number of Topliss-reactive ketones (excluding diaryl/α,β-unsaturated/α-hetero) is 1. The monoisotopic (exact) mass is 279 g/mol. The molecule has 4 heteroatoms. The van der Waals surface area contributed by atoms with Crippen LogP contribution in [0.15, 0.2) is 12.1 Å². The van der Waals surface area contributed by atoms with E-state index in [9.17, 15) is 9.18 Å².